The van der Waals surface area contributed by atoms with Crippen molar-refractivity contribution in [1.82, 2.24) is 9.88 Å². The molecular formula is C18H22N2O. The molecule has 0 atom stereocenters. The van der Waals surface area contributed by atoms with E-state index in [4.69, 9.17) is 0 Å². The van der Waals surface area contributed by atoms with Gasteiger partial charge in [-0.3, -0.25) is 9.88 Å². The smallest absolute Gasteiger partial charge is 0.0921 e. The van der Waals surface area contributed by atoms with Crippen molar-refractivity contribution in [1.29, 1.82) is 0 Å². The van der Waals surface area contributed by atoms with Gasteiger partial charge in [0.15, 0.2) is 0 Å². The molecule has 1 aromatic carbocycles. The van der Waals surface area contributed by atoms with Gasteiger partial charge in [0.05, 0.1) is 5.60 Å². The minimum atomic E-state index is -0.666. The van der Waals surface area contributed by atoms with Crippen LogP contribution in [0.3, 0.4) is 0 Å². The number of aliphatic hydroxyl groups is 1. The van der Waals surface area contributed by atoms with E-state index >= 15 is 0 Å². The topological polar surface area (TPSA) is 36.4 Å². The van der Waals surface area contributed by atoms with E-state index in [1.54, 1.807) is 0 Å². The number of rotatable bonds is 3. The minimum Gasteiger partial charge on any atom is -0.385 e. The second kappa shape index (κ2) is 5.96. The summed E-state index contributed by atoms with van der Waals surface area (Å²) in [5, 5.41) is 10.9. The van der Waals surface area contributed by atoms with Gasteiger partial charge in [0.1, 0.15) is 0 Å². The van der Waals surface area contributed by atoms with Crippen molar-refractivity contribution in [2.75, 3.05) is 13.1 Å². The third-order valence-corrected chi connectivity index (χ3v) is 4.39. The van der Waals surface area contributed by atoms with Gasteiger partial charge in [-0.25, -0.2) is 0 Å². The Hall–Kier alpha value is -1.71. The number of hydrogen-bond donors (Lipinski definition) is 1. The molecule has 1 aliphatic rings. The summed E-state index contributed by atoms with van der Waals surface area (Å²) in [5.41, 5.74) is 2.89. The molecule has 2 aromatic rings. The van der Waals surface area contributed by atoms with E-state index in [0.29, 0.717) is 0 Å². The van der Waals surface area contributed by atoms with Crippen LogP contribution in [0.5, 0.6) is 0 Å². The first-order valence-electron chi connectivity index (χ1n) is 7.56. The number of nitrogens with zero attached hydrogens (tertiary/aromatic N) is 2. The molecular weight excluding hydrogens is 260 g/mol. The van der Waals surface area contributed by atoms with E-state index in [-0.39, 0.29) is 0 Å². The molecule has 0 spiro atoms. The Morgan fingerprint density at radius 2 is 1.86 bits per heavy atom. The van der Waals surface area contributed by atoms with E-state index in [2.05, 4.69) is 41.1 Å². The molecule has 1 fully saturated rings. The first-order valence-corrected chi connectivity index (χ1v) is 7.56. The van der Waals surface area contributed by atoms with Crippen LogP contribution in [0.4, 0.5) is 0 Å². The first-order chi connectivity index (χ1) is 10.2. The standard InChI is InChI=1S/C18H22N2O/c1-15-3-2-4-17(13-15)18(21)7-11-20(12-8-18)14-16-5-9-19-10-6-16/h2-6,9-10,13,21H,7-8,11-12,14H2,1H3. The third kappa shape index (κ3) is 3.31. The summed E-state index contributed by atoms with van der Waals surface area (Å²) >= 11 is 0. The lowest BCUT2D eigenvalue weighted by atomic mass is 9.84. The Kier molecular flexibility index (Phi) is 4.04. The molecule has 3 nitrogen and oxygen atoms in total. The van der Waals surface area contributed by atoms with Gasteiger partial charge in [-0.15, -0.1) is 0 Å². The van der Waals surface area contributed by atoms with E-state index in [9.17, 15) is 5.11 Å². The number of aromatic nitrogens is 1. The van der Waals surface area contributed by atoms with Crippen molar-refractivity contribution in [2.24, 2.45) is 0 Å². The predicted octanol–water partition coefficient (Wildman–Crippen LogP) is 2.87. The lowest BCUT2D eigenvalue weighted by Gasteiger charge is -2.38. The molecule has 3 heteroatoms. The molecule has 0 radical (unpaired) electrons. The number of likely N-dealkylation sites (tertiary alicyclic amines) is 1. The fourth-order valence-electron chi connectivity index (χ4n) is 3.05. The maximum atomic E-state index is 10.9. The van der Waals surface area contributed by atoms with Crippen LogP contribution in [0.1, 0.15) is 29.5 Å². The molecule has 0 unspecified atom stereocenters. The number of piperidine rings is 1. The van der Waals surface area contributed by atoms with Crippen LogP contribution < -0.4 is 0 Å². The average Bonchev–Trinajstić information content (AvgIpc) is 2.51. The second-order valence-corrected chi connectivity index (χ2v) is 6.03. The van der Waals surface area contributed by atoms with Crippen molar-refractivity contribution in [2.45, 2.75) is 31.9 Å². The van der Waals surface area contributed by atoms with Gasteiger partial charge in [-0.2, -0.15) is 0 Å². The number of pyridine rings is 1. The number of benzene rings is 1. The summed E-state index contributed by atoms with van der Waals surface area (Å²) in [6.45, 7) is 4.86. The molecule has 0 saturated carbocycles. The third-order valence-electron chi connectivity index (χ3n) is 4.39. The zero-order chi connectivity index (χ0) is 14.7. The summed E-state index contributed by atoms with van der Waals surface area (Å²) in [4.78, 5) is 6.45. The highest BCUT2D eigenvalue weighted by atomic mass is 16.3. The van der Waals surface area contributed by atoms with Crippen LogP contribution in [-0.4, -0.2) is 28.1 Å². The molecule has 2 heterocycles. The van der Waals surface area contributed by atoms with E-state index in [1.807, 2.05) is 24.5 Å². The van der Waals surface area contributed by atoms with E-state index in [0.717, 1.165) is 38.0 Å². The molecule has 0 bridgehead atoms. The van der Waals surface area contributed by atoms with Gasteiger partial charge < -0.3 is 5.11 Å². The van der Waals surface area contributed by atoms with Crippen LogP contribution in [0.15, 0.2) is 48.8 Å². The molecule has 0 aliphatic carbocycles. The number of hydrogen-bond acceptors (Lipinski definition) is 3. The number of aryl methyl sites for hydroxylation is 1. The molecule has 0 amide bonds. The normalized spacial score (nSPS) is 18.6. The molecule has 1 aliphatic heterocycles. The van der Waals surface area contributed by atoms with Crippen LogP contribution in [0.25, 0.3) is 0 Å². The van der Waals surface area contributed by atoms with Crippen molar-refractivity contribution >= 4 is 0 Å². The maximum absolute atomic E-state index is 10.9. The van der Waals surface area contributed by atoms with Gasteiger partial charge in [0.2, 0.25) is 0 Å². The summed E-state index contributed by atoms with van der Waals surface area (Å²) in [6, 6.07) is 12.4. The highest BCUT2D eigenvalue weighted by Crippen LogP contribution is 2.33. The van der Waals surface area contributed by atoms with E-state index < -0.39 is 5.60 Å². The quantitative estimate of drug-likeness (QED) is 0.940. The SMILES string of the molecule is Cc1cccc(C2(O)CCN(Cc3ccncc3)CC2)c1. The van der Waals surface area contributed by atoms with Crippen LogP contribution in [0.2, 0.25) is 0 Å². The summed E-state index contributed by atoms with van der Waals surface area (Å²) in [7, 11) is 0. The summed E-state index contributed by atoms with van der Waals surface area (Å²) in [6.07, 6.45) is 5.26. The summed E-state index contributed by atoms with van der Waals surface area (Å²) in [5.74, 6) is 0. The average molecular weight is 282 g/mol. The second-order valence-electron chi connectivity index (χ2n) is 6.03. The minimum absolute atomic E-state index is 0.666. The van der Waals surface area contributed by atoms with Gasteiger partial charge in [-0.1, -0.05) is 29.8 Å². The van der Waals surface area contributed by atoms with E-state index in [1.165, 1.54) is 11.1 Å². The molecule has 1 N–H and O–H groups in total. The van der Waals surface area contributed by atoms with Crippen molar-refractivity contribution < 1.29 is 5.11 Å². The Morgan fingerprint density at radius 3 is 2.52 bits per heavy atom. The van der Waals surface area contributed by atoms with Crippen molar-refractivity contribution in [3.63, 3.8) is 0 Å². The molecule has 1 saturated heterocycles. The monoisotopic (exact) mass is 282 g/mol. The van der Waals surface area contributed by atoms with Gasteiger partial charge in [0, 0.05) is 32.0 Å². The lowest BCUT2D eigenvalue weighted by molar-refractivity contribution is -0.0277. The molecule has 1 aromatic heterocycles. The first kappa shape index (κ1) is 14.2. The Bertz CT molecular complexity index is 589. The van der Waals surface area contributed by atoms with Crippen LogP contribution >= 0.6 is 0 Å². The molecule has 110 valence electrons. The summed E-state index contributed by atoms with van der Waals surface area (Å²) < 4.78 is 0. The fourth-order valence-corrected chi connectivity index (χ4v) is 3.05. The van der Waals surface area contributed by atoms with Crippen LogP contribution in [-0.2, 0) is 12.1 Å². The predicted molar refractivity (Wildman–Crippen MR) is 83.8 cm³/mol. The van der Waals surface area contributed by atoms with Crippen LogP contribution in [0, 0.1) is 6.92 Å². The van der Waals surface area contributed by atoms with Gasteiger partial charge in [-0.05, 0) is 43.0 Å². The fraction of sp³-hybridized carbons (Fsp3) is 0.389. The maximum Gasteiger partial charge on any atom is 0.0921 e. The van der Waals surface area contributed by atoms with Crippen molar-refractivity contribution in [3.8, 4) is 0 Å². The zero-order valence-corrected chi connectivity index (χ0v) is 12.5. The van der Waals surface area contributed by atoms with Gasteiger partial charge >= 0.3 is 0 Å². The zero-order valence-electron chi connectivity index (χ0n) is 12.5. The highest BCUT2D eigenvalue weighted by Gasteiger charge is 2.33. The van der Waals surface area contributed by atoms with Crippen molar-refractivity contribution in [3.05, 3.63) is 65.5 Å². The highest BCUT2D eigenvalue weighted by molar-refractivity contribution is 5.28. The molecule has 21 heavy (non-hydrogen) atoms. The van der Waals surface area contributed by atoms with Gasteiger partial charge in [0.25, 0.3) is 0 Å². The Labute approximate surface area is 126 Å². The molecule has 3 rings (SSSR count). The Morgan fingerprint density at radius 1 is 1.14 bits per heavy atom. The lowest BCUT2D eigenvalue weighted by Crippen LogP contribution is -2.42. The largest absolute Gasteiger partial charge is 0.385 e. The Balaban J connectivity index is 1.64.